The molecule has 2 unspecified atom stereocenters. The number of aliphatic carboxylic acids is 2. The third kappa shape index (κ3) is 13.8. The molecular formula is C19H38IN5O7. The van der Waals surface area contributed by atoms with Crippen LogP contribution in [0.2, 0.25) is 0 Å². The molecule has 1 fully saturated rings. The van der Waals surface area contributed by atoms with Gasteiger partial charge >= 0.3 is 11.9 Å². The van der Waals surface area contributed by atoms with Gasteiger partial charge in [-0.3, -0.25) is 24.3 Å². The number of aliphatic hydroxyl groups is 3. The number of carboxylic acid groups (broad SMARTS) is 2. The van der Waals surface area contributed by atoms with Crippen molar-refractivity contribution in [3.05, 3.63) is 0 Å². The lowest BCUT2D eigenvalue weighted by molar-refractivity contribution is -0.140. The number of carbonyl (C=O) groups is 2. The smallest absolute Gasteiger partial charge is 0.317 e. The summed E-state index contributed by atoms with van der Waals surface area (Å²) in [5.74, 6) is -1.84. The van der Waals surface area contributed by atoms with Crippen molar-refractivity contribution in [2.24, 2.45) is 0 Å². The minimum absolute atomic E-state index is 0.0811. The molecular weight excluding hydrogens is 537 g/mol. The van der Waals surface area contributed by atoms with E-state index in [4.69, 9.17) is 10.2 Å². The Morgan fingerprint density at radius 3 is 1.69 bits per heavy atom. The van der Waals surface area contributed by atoms with Crippen molar-refractivity contribution in [1.29, 1.82) is 0 Å². The summed E-state index contributed by atoms with van der Waals surface area (Å²) in [6.07, 6.45) is -1.52. The minimum atomic E-state index is -0.934. The molecule has 1 saturated heterocycles. The van der Waals surface area contributed by atoms with Gasteiger partial charge in [0.15, 0.2) is 0 Å². The van der Waals surface area contributed by atoms with Crippen LogP contribution >= 0.6 is 22.9 Å². The molecule has 0 bridgehead atoms. The standard InChI is InChI=1S/C19H38IN5O7/c1-21(11-17(28)15-26)10-16(27)12-22-2-3-23(13-18(29)30)4-5-24(14-19(31)32)7-9-25(20)8-6-22/h16-17,26-28H,2-15H2,1H3,(H,29,30)(H,31,32). The Labute approximate surface area is 203 Å². The second-order valence-electron chi connectivity index (χ2n) is 8.26. The van der Waals surface area contributed by atoms with Crippen molar-refractivity contribution in [2.45, 2.75) is 12.2 Å². The Morgan fingerprint density at radius 1 is 0.812 bits per heavy atom. The van der Waals surface area contributed by atoms with Crippen LogP contribution in [0.15, 0.2) is 0 Å². The van der Waals surface area contributed by atoms with Gasteiger partial charge in [0.2, 0.25) is 0 Å². The molecule has 2 atom stereocenters. The second-order valence-corrected chi connectivity index (χ2v) is 9.63. The molecule has 0 aromatic carbocycles. The van der Waals surface area contributed by atoms with Crippen molar-refractivity contribution in [1.82, 2.24) is 22.7 Å². The molecule has 12 nitrogen and oxygen atoms in total. The summed E-state index contributed by atoms with van der Waals surface area (Å²) in [5.41, 5.74) is 0. The van der Waals surface area contributed by atoms with Crippen LogP contribution in [0.1, 0.15) is 0 Å². The summed E-state index contributed by atoms with van der Waals surface area (Å²) in [5, 5.41) is 47.5. The lowest BCUT2D eigenvalue weighted by atomic mass is 10.2. The Morgan fingerprint density at radius 2 is 1.22 bits per heavy atom. The third-order valence-corrected chi connectivity index (χ3v) is 6.19. The second kappa shape index (κ2) is 16.1. The number of aliphatic hydroxyl groups excluding tert-OH is 3. The van der Waals surface area contributed by atoms with Gasteiger partial charge in [-0.2, -0.15) is 0 Å². The molecule has 0 saturated carbocycles. The van der Waals surface area contributed by atoms with Crippen LogP contribution in [-0.2, 0) is 9.59 Å². The van der Waals surface area contributed by atoms with E-state index in [1.54, 1.807) is 16.8 Å². The van der Waals surface area contributed by atoms with Crippen molar-refractivity contribution >= 4 is 34.8 Å². The lowest BCUT2D eigenvalue weighted by Gasteiger charge is -2.33. The Balaban J connectivity index is 2.73. The Kier molecular flexibility index (Phi) is 14.7. The van der Waals surface area contributed by atoms with Crippen LogP contribution in [0.5, 0.6) is 0 Å². The van der Waals surface area contributed by atoms with Gasteiger partial charge in [-0.05, 0) is 7.05 Å². The molecule has 188 valence electrons. The van der Waals surface area contributed by atoms with E-state index in [0.717, 1.165) is 0 Å². The first kappa shape index (κ1) is 29.4. The molecule has 0 aromatic rings. The first-order chi connectivity index (χ1) is 15.1. The third-order valence-electron chi connectivity index (χ3n) is 5.22. The zero-order chi connectivity index (χ0) is 24.1. The fourth-order valence-electron chi connectivity index (χ4n) is 3.60. The van der Waals surface area contributed by atoms with Crippen molar-refractivity contribution < 1.29 is 35.1 Å². The van der Waals surface area contributed by atoms with Crippen LogP contribution in [0, 0.1) is 0 Å². The number of hydrogen-bond donors (Lipinski definition) is 5. The number of β-amino-alcohol motifs (C(OH)–C–C–N with tert-alkyl or cyclic N) is 1. The average Bonchev–Trinajstić information content (AvgIpc) is 2.69. The Hall–Kier alpha value is -0.650. The summed E-state index contributed by atoms with van der Waals surface area (Å²) >= 11 is 2.22. The molecule has 1 aliphatic rings. The molecule has 13 heteroatoms. The van der Waals surface area contributed by atoms with Crippen molar-refractivity contribution in [3.63, 3.8) is 0 Å². The molecule has 0 spiro atoms. The van der Waals surface area contributed by atoms with Gasteiger partial charge in [0.25, 0.3) is 0 Å². The van der Waals surface area contributed by atoms with E-state index in [-0.39, 0.29) is 26.2 Å². The fraction of sp³-hybridized carbons (Fsp3) is 0.895. The summed E-state index contributed by atoms with van der Waals surface area (Å²) in [6.45, 7) is 5.04. The van der Waals surface area contributed by atoms with Crippen LogP contribution < -0.4 is 0 Å². The topological polar surface area (TPSA) is 151 Å². The molecule has 0 aliphatic carbocycles. The van der Waals surface area contributed by atoms with Crippen LogP contribution in [0.3, 0.4) is 0 Å². The Bertz CT molecular complexity index is 562. The predicted molar refractivity (Wildman–Crippen MR) is 127 cm³/mol. The van der Waals surface area contributed by atoms with E-state index >= 15 is 0 Å². The zero-order valence-corrected chi connectivity index (χ0v) is 20.9. The van der Waals surface area contributed by atoms with Gasteiger partial charge in [-0.15, -0.1) is 0 Å². The van der Waals surface area contributed by atoms with Crippen molar-refractivity contribution in [2.75, 3.05) is 98.7 Å². The first-order valence-corrected chi connectivity index (χ1v) is 11.7. The van der Waals surface area contributed by atoms with Crippen LogP contribution in [0.25, 0.3) is 0 Å². The monoisotopic (exact) mass is 575 g/mol. The van der Waals surface area contributed by atoms with Gasteiger partial charge < -0.3 is 30.4 Å². The van der Waals surface area contributed by atoms with Gasteiger partial charge in [0.05, 0.1) is 31.9 Å². The van der Waals surface area contributed by atoms with E-state index in [9.17, 15) is 24.9 Å². The van der Waals surface area contributed by atoms with Gasteiger partial charge in [0, 0.05) is 94.9 Å². The highest BCUT2D eigenvalue weighted by Gasteiger charge is 2.20. The highest BCUT2D eigenvalue weighted by Crippen LogP contribution is 2.05. The largest absolute Gasteiger partial charge is 0.480 e. The molecule has 0 aromatic heterocycles. The zero-order valence-electron chi connectivity index (χ0n) is 18.7. The SMILES string of the molecule is CN(CC(O)CO)CC(O)CN1CCN(I)CCN(CC(=O)O)CCN(CC(=O)O)CC1. The summed E-state index contributed by atoms with van der Waals surface area (Å²) < 4.78 is 2.09. The first-order valence-electron chi connectivity index (χ1n) is 10.8. The lowest BCUT2D eigenvalue weighted by Crippen LogP contribution is -2.48. The quantitative estimate of drug-likeness (QED) is 0.130. The molecule has 1 heterocycles. The maximum Gasteiger partial charge on any atom is 0.317 e. The molecule has 32 heavy (non-hydrogen) atoms. The molecule has 1 rings (SSSR count). The van der Waals surface area contributed by atoms with E-state index in [2.05, 4.69) is 30.9 Å². The van der Waals surface area contributed by atoms with Crippen molar-refractivity contribution in [3.8, 4) is 0 Å². The number of halogens is 1. The summed E-state index contributed by atoms with van der Waals surface area (Å²) in [7, 11) is 1.77. The van der Waals surface area contributed by atoms with Gasteiger partial charge in [-0.25, -0.2) is 3.11 Å². The van der Waals surface area contributed by atoms with E-state index < -0.39 is 24.1 Å². The predicted octanol–water partition coefficient (Wildman–Crippen LogP) is -2.63. The fourth-order valence-corrected chi connectivity index (χ4v) is 4.03. The number of rotatable bonds is 11. The molecule has 1 aliphatic heterocycles. The van der Waals surface area contributed by atoms with Crippen LogP contribution in [0.4, 0.5) is 0 Å². The molecule has 5 N–H and O–H groups in total. The highest BCUT2D eigenvalue weighted by molar-refractivity contribution is 14.1. The summed E-state index contributed by atoms with van der Waals surface area (Å²) in [6, 6.07) is 0. The number of hydrogen-bond acceptors (Lipinski definition) is 10. The van der Waals surface area contributed by atoms with E-state index in [0.29, 0.717) is 65.4 Å². The van der Waals surface area contributed by atoms with Gasteiger partial charge in [0.1, 0.15) is 0 Å². The van der Waals surface area contributed by atoms with Gasteiger partial charge in [-0.1, -0.05) is 0 Å². The van der Waals surface area contributed by atoms with Crippen LogP contribution in [-0.4, -0.2) is 171 Å². The van der Waals surface area contributed by atoms with E-state index in [1.807, 2.05) is 4.90 Å². The minimum Gasteiger partial charge on any atom is -0.480 e. The summed E-state index contributed by atoms with van der Waals surface area (Å²) in [4.78, 5) is 29.9. The maximum absolute atomic E-state index is 11.3. The average molecular weight is 575 g/mol. The molecule has 0 radical (unpaired) electrons. The van der Waals surface area contributed by atoms with E-state index in [1.165, 1.54) is 0 Å². The number of nitrogens with zero attached hydrogens (tertiary/aromatic N) is 5. The highest BCUT2D eigenvalue weighted by atomic mass is 127. The molecule has 0 amide bonds. The number of likely N-dealkylation sites (N-methyl/N-ethyl adjacent to an activating group) is 1. The number of carboxylic acids is 2. The maximum atomic E-state index is 11.3. The normalized spacial score (nSPS) is 21.1.